The Morgan fingerprint density at radius 2 is 0.713 bits per heavy atom. The number of nitrogens with zero attached hydrogens (tertiary/aromatic N) is 6. The number of nitrogens with one attached hydrogen (secondary N) is 2. The van der Waals surface area contributed by atoms with Gasteiger partial charge in [0, 0.05) is 23.5 Å². The average molecular weight is 1210 g/mol. The number of pyridine rings is 2. The molecule has 0 amide bonds. The van der Waals surface area contributed by atoms with E-state index in [1.165, 1.54) is 60.9 Å². The second kappa shape index (κ2) is 21.6. The third-order valence-corrected chi connectivity index (χ3v) is 16.5. The van der Waals surface area contributed by atoms with Crippen LogP contribution in [-0.2, 0) is 60.7 Å². The fraction of sp³-hybridized carbons (Fsp3) is 0. The van der Waals surface area contributed by atoms with Crippen molar-refractivity contribution >= 4 is 141 Å². The summed E-state index contributed by atoms with van der Waals surface area (Å²) < 4.78 is 208. The van der Waals surface area contributed by atoms with E-state index in [1.807, 2.05) is 0 Å². The zero-order valence-corrected chi connectivity index (χ0v) is 44.3. The molecule has 0 bridgehead atoms. The highest BCUT2D eigenvalue weighted by Crippen LogP contribution is 2.33. The number of benzene rings is 4. The van der Waals surface area contributed by atoms with Crippen molar-refractivity contribution < 1.29 is 87.4 Å². The molecule has 2 aromatic heterocycles. The Hall–Kier alpha value is -8.52. The van der Waals surface area contributed by atoms with Crippen LogP contribution in [0.2, 0.25) is 0 Å². The molecule has 0 aliphatic heterocycles. The number of hydrogen-bond donors (Lipinski definition) is 8. The predicted molar refractivity (Wildman–Crippen MR) is 285 cm³/mol. The van der Waals surface area contributed by atoms with E-state index in [1.54, 1.807) is 0 Å². The number of carbonyl (C=O) groups excluding carboxylic acids is 2. The normalized spacial score (nSPS) is 15.6. The SMILES string of the molecule is O=C1/C(=N/Nc2ccc(/C=C/c3ccc(N=Nc4ccc(/C=C/c5ccc(N/N=C6\C=C(S(=O)(=O)O)c7cccnc7C6=O)cc5S(=O)(=O)O)c(S(=O)(=O)O)c4)cc3S(=O)(=O)O)c(S(=O)(=O)O)c2)C=C(S(=O)(=O)O)c2cccnc21. The van der Waals surface area contributed by atoms with Gasteiger partial charge in [-0.05, 0) is 107 Å². The number of aromatic nitrogens is 2. The molecular formula is C46H32N8O20S6. The smallest absolute Gasteiger partial charge is 0.285 e. The molecule has 80 heavy (non-hydrogen) atoms. The summed E-state index contributed by atoms with van der Waals surface area (Å²) in [5.41, 5.74) is 0.460. The molecule has 4 aromatic carbocycles. The summed E-state index contributed by atoms with van der Waals surface area (Å²) in [6.45, 7) is 0. The molecular weight excluding hydrogens is 1180 g/mol. The molecule has 34 heteroatoms. The lowest BCUT2D eigenvalue weighted by molar-refractivity contribution is 0.105. The van der Waals surface area contributed by atoms with Gasteiger partial charge in [-0.1, -0.05) is 48.6 Å². The van der Waals surface area contributed by atoms with Crippen molar-refractivity contribution in [2.75, 3.05) is 10.9 Å². The average Bonchev–Trinajstić information content (AvgIpc) is 3.51. The molecule has 0 unspecified atom stereocenters. The number of hydrogen-bond acceptors (Lipinski definition) is 22. The molecule has 2 aliphatic carbocycles. The van der Waals surface area contributed by atoms with Crippen molar-refractivity contribution in [1.82, 2.24) is 9.97 Å². The van der Waals surface area contributed by atoms with Crippen LogP contribution in [-0.4, -0.2) is 111 Å². The molecule has 2 aliphatic rings. The number of ketones is 2. The molecule has 0 fully saturated rings. The number of Topliss-reactive ketones (excluding diaryl/α,β-unsaturated/α-hetero) is 2. The van der Waals surface area contributed by atoms with Crippen LogP contribution in [0.15, 0.2) is 162 Å². The van der Waals surface area contributed by atoms with Crippen LogP contribution in [0.4, 0.5) is 22.7 Å². The summed E-state index contributed by atoms with van der Waals surface area (Å²) in [6, 6.07) is 17.6. The second-order valence-corrected chi connectivity index (χ2v) is 24.7. The van der Waals surface area contributed by atoms with Gasteiger partial charge in [0.15, 0.2) is 0 Å². The lowest BCUT2D eigenvalue weighted by Crippen LogP contribution is -2.24. The van der Waals surface area contributed by atoms with Crippen LogP contribution in [0.3, 0.4) is 0 Å². The van der Waals surface area contributed by atoms with Crippen molar-refractivity contribution in [2.45, 2.75) is 19.6 Å². The molecule has 0 saturated heterocycles. The number of fused-ring (bicyclic) bond motifs is 2. The Morgan fingerprint density at radius 3 is 1.02 bits per heavy atom. The minimum absolute atomic E-state index is 0.185. The van der Waals surface area contributed by atoms with Gasteiger partial charge in [0.05, 0.1) is 22.7 Å². The van der Waals surface area contributed by atoms with Crippen molar-refractivity contribution in [1.29, 1.82) is 0 Å². The van der Waals surface area contributed by atoms with Gasteiger partial charge < -0.3 is 0 Å². The van der Waals surface area contributed by atoms with Crippen LogP contribution >= 0.6 is 0 Å². The van der Waals surface area contributed by atoms with Crippen LogP contribution in [0.1, 0.15) is 54.4 Å². The third kappa shape index (κ3) is 13.0. The Bertz CT molecular complexity index is 4340. The summed E-state index contributed by atoms with van der Waals surface area (Å²) >= 11 is 0. The van der Waals surface area contributed by atoms with Crippen LogP contribution in [0, 0.1) is 0 Å². The van der Waals surface area contributed by atoms with Gasteiger partial charge >= 0.3 is 0 Å². The van der Waals surface area contributed by atoms with Crippen molar-refractivity contribution in [3.8, 4) is 0 Å². The molecule has 0 atom stereocenters. The van der Waals surface area contributed by atoms with Gasteiger partial charge in [-0.15, -0.1) is 0 Å². The van der Waals surface area contributed by atoms with Crippen molar-refractivity contribution in [3.05, 3.63) is 166 Å². The van der Waals surface area contributed by atoms with Crippen LogP contribution in [0.5, 0.6) is 0 Å². The van der Waals surface area contributed by atoms with E-state index in [4.69, 9.17) is 0 Å². The van der Waals surface area contributed by atoms with E-state index in [0.29, 0.717) is 0 Å². The number of azo groups is 1. The van der Waals surface area contributed by atoms with Gasteiger partial charge in [-0.2, -0.15) is 70.9 Å². The lowest BCUT2D eigenvalue weighted by atomic mass is 10.00. The van der Waals surface area contributed by atoms with Crippen molar-refractivity contribution in [3.63, 3.8) is 0 Å². The molecule has 0 spiro atoms. The van der Waals surface area contributed by atoms with E-state index in [-0.39, 0.29) is 67.5 Å². The molecule has 8 rings (SSSR count). The Kier molecular flexibility index (Phi) is 15.6. The quantitative estimate of drug-likeness (QED) is 0.0238. The Labute approximate surface area is 452 Å². The van der Waals surface area contributed by atoms with E-state index >= 15 is 0 Å². The minimum atomic E-state index is -5.10. The Morgan fingerprint density at radius 1 is 0.400 bits per heavy atom. The molecule has 412 valence electrons. The first-order valence-electron chi connectivity index (χ1n) is 21.6. The number of allylic oxidation sites excluding steroid dienone is 2. The van der Waals surface area contributed by atoms with Crippen LogP contribution < -0.4 is 10.9 Å². The van der Waals surface area contributed by atoms with Crippen LogP contribution in [0.25, 0.3) is 34.1 Å². The summed E-state index contributed by atoms with van der Waals surface area (Å²) in [7, 11) is -30.1. The molecule has 6 aromatic rings. The fourth-order valence-electron chi connectivity index (χ4n) is 7.49. The maximum atomic E-state index is 13.0. The predicted octanol–water partition coefficient (Wildman–Crippen LogP) is 6.01. The largest absolute Gasteiger partial charge is 0.295 e. The monoisotopic (exact) mass is 1210 g/mol. The fourth-order valence-corrected chi connectivity index (χ4v) is 11.7. The van der Waals surface area contributed by atoms with Gasteiger partial charge in [-0.25, -0.2) is 0 Å². The first-order valence-corrected chi connectivity index (χ1v) is 30.2. The van der Waals surface area contributed by atoms with E-state index < -0.39 is 113 Å². The molecule has 2 heterocycles. The Balaban J connectivity index is 1.02. The number of anilines is 2. The maximum absolute atomic E-state index is 13.0. The highest BCUT2D eigenvalue weighted by Gasteiger charge is 2.33. The highest BCUT2D eigenvalue weighted by atomic mass is 32.2. The second-order valence-electron chi connectivity index (χ2n) is 16.4. The number of rotatable bonds is 16. The standard InChI is InChI=1S/C46H32N8O20S6/c55-45-35(23-41(79(69,70)71)33-3-1-17-47-43(33)45)53-51-31-15-11-27(39(21-31)77(63,64)65)7-5-25-9-13-29(19-37(25)75(57,58)59)49-50-30-14-10-26(38(20-30)76(60,61)62)6-8-28-12-16-32(22-40(28)78(66,67)68)52-54-36-24-42(80(72,73)74)34-4-2-18-48-44(34)46(36)56/h1-24,51-52H,(H,57,58,59)(H,60,61,62)(H,63,64,65)(H,66,67,68)(H,69,70,71)(H,72,73,74)/b7-5+,8-6+,50-49?,53-35+,54-36+. The number of hydrazone groups is 2. The third-order valence-electron chi connectivity index (χ3n) is 11.0. The first-order chi connectivity index (χ1) is 37.3. The summed E-state index contributed by atoms with van der Waals surface area (Å²) in [5.74, 6) is -1.75. The van der Waals surface area contributed by atoms with Gasteiger partial charge in [-0.3, -0.25) is 57.7 Å². The summed E-state index contributed by atoms with van der Waals surface area (Å²) in [4.78, 5) is 29.1. The van der Waals surface area contributed by atoms with E-state index in [2.05, 4.69) is 41.3 Å². The summed E-state index contributed by atoms with van der Waals surface area (Å²) in [5, 5.41) is 15.4. The van der Waals surface area contributed by atoms with E-state index in [0.717, 1.165) is 85.0 Å². The zero-order chi connectivity index (χ0) is 58.3. The van der Waals surface area contributed by atoms with E-state index in [9.17, 15) is 87.4 Å². The zero-order valence-electron chi connectivity index (χ0n) is 39.4. The molecule has 28 nitrogen and oxygen atoms in total. The minimum Gasteiger partial charge on any atom is -0.285 e. The molecule has 8 N–H and O–H groups in total. The summed E-state index contributed by atoms with van der Waals surface area (Å²) in [6.07, 6.45) is 8.01. The van der Waals surface area contributed by atoms with Gasteiger partial charge in [0.25, 0.3) is 60.7 Å². The molecule has 0 radical (unpaired) electrons. The molecule has 0 saturated carbocycles. The topological polar surface area (TPSA) is 460 Å². The highest BCUT2D eigenvalue weighted by molar-refractivity contribution is 7.95. The van der Waals surface area contributed by atoms with Gasteiger partial charge in [0.2, 0.25) is 11.6 Å². The lowest BCUT2D eigenvalue weighted by Gasteiger charge is -2.15. The number of carbonyl (C=O) groups is 2. The van der Waals surface area contributed by atoms with Crippen molar-refractivity contribution in [2.24, 2.45) is 20.4 Å². The maximum Gasteiger partial charge on any atom is 0.295 e. The first kappa shape index (κ1) is 57.6. The van der Waals surface area contributed by atoms with Gasteiger partial charge in [0.1, 0.15) is 52.2 Å².